The van der Waals surface area contributed by atoms with Gasteiger partial charge in [-0.1, -0.05) is 12.7 Å². The number of nitrogens with zero attached hydrogens (tertiary/aromatic N) is 2. The molecule has 1 aliphatic rings. The molecule has 0 bridgehead atoms. The van der Waals surface area contributed by atoms with E-state index in [0.717, 1.165) is 12.0 Å². The summed E-state index contributed by atoms with van der Waals surface area (Å²) in [6, 6.07) is 3.44. The zero-order valence-electron chi connectivity index (χ0n) is 12.1. The summed E-state index contributed by atoms with van der Waals surface area (Å²) < 4.78 is 5.10. The second kappa shape index (κ2) is 7.31. The molecule has 2 rings (SSSR count). The van der Waals surface area contributed by atoms with Gasteiger partial charge >= 0.3 is 6.09 Å². The normalized spacial score (nSPS) is 20.7. The van der Waals surface area contributed by atoms with Crippen LogP contribution in [-0.2, 0) is 11.2 Å². The van der Waals surface area contributed by atoms with Gasteiger partial charge in [0.2, 0.25) is 0 Å². The Morgan fingerprint density at radius 1 is 1.59 bits per heavy atom. The van der Waals surface area contributed by atoms with Crippen LogP contribution in [0.2, 0.25) is 0 Å². The van der Waals surface area contributed by atoms with Crippen molar-refractivity contribution in [2.45, 2.75) is 24.1 Å². The fraction of sp³-hybridized carbons (Fsp3) is 0.400. The summed E-state index contributed by atoms with van der Waals surface area (Å²) in [4.78, 5) is 28.8. The summed E-state index contributed by atoms with van der Waals surface area (Å²) in [5.74, 6) is -0.567. The summed E-state index contributed by atoms with van der Waals surface area (Å²) in [6.07, 6.45) is 4.07. The predicted molar refractivity (Wildman–Crippen MR) is 85.9 cm³/mol. The molecular weight excluding hydrogens is 302 g/mol. The summed E-state index contributed by atoms with van der Waals surface area (Å²) in [5, 5.41) is 0.110. The van der Waals surface area contributed by atoms with E-state index >= 15 is 0 Å². The van der Waals surface area contributed by atoms with E-state index in [9.17, 15) is 9.59 Å². The minimum Gasteiger partial charge on any atom is -0.445 e. The fourth-order valence-electron chi connectivity index (χ4n) is 2.53. The highest BCUT2D eigenvalue weighted by Gasteiger charge is 2.34. The zero-order valence-corrected chi connectivity index (χ0v) is 13.0. The van der Waals surface area contributed by atoms with Crippen molar-refractivity contribution in [1.82, 2.24) is 9.88 Å². The Kier molecular flexibility index (Phi) is 5.43. The highest BCUT2D eigenvalue weighted by atomic mass is 32.1. The Morgan fingerprint density at radius 3 is 3.05 bits per heavy atom. The van der Waals surface area contributed by atoms with Crippen LogP contribution in [0.3, 0.4) is 0 Å². The van der Waals surface area contributed by atoms with Gasteiger partial charge in [-0.15, -0.1) is 0 Å². The topological polar surface area (TPSA) is 85.5 Å². The van der Waals surface area contributed by atoms with Crippen LogP contribution < -0.4 is 5.73 Å². The number of carbonyl (C=O) groups excluding carboxylic acids is 2. The first-order valence-corrected chi connectivity index (χ1v) is 7.50. The lowest BCUT2D eigenvalue weighted by Crippen LogP contribution is -2.37. The second-order valence-corrected chi connectivity index (χ2v) is 5.91. The first-order chi connectivity index (χ1) is 10.5. The van der Waals surface area contributed by atoms with E-state index in [-0.39, 0.29) is 29.7 Å². The average molecular weight is 321 g/mol. The molecule has 6 nitrogen and oxygen atoms in total. The highest BCUT2D eigenvalue weighted by Crippen LogP contribution is 2.25. The van der Waals surface area contributed by atoms with E-state index in [1.165, 1.54) is 6.08 Å². The molecule has 1 aliphatic heterocycles. The minimum absolute atomic E-state index is 0.0251. The molecule has 2 heterocycles. The monoisotopic (exact) mass is 321 g/mol. The Balaban J connectivity index is 2.09. The molecule has 2 atom stereocenters. The van der Waals surface area contributed by atoms with Crippen molar-refractivity contribution in [2.24, 2.45) is 5.73 Å². The number of nitrogens with two attached hydrogens (primary N) is 1. The molecule has 2 amide bonds. The number of carbonyl (C=O) groups is 2. The molecule has 2 N–H and O–H groups in total. The number of pyridine rings is 1. The van der Waals surface area contributed by atoms with Crippen LogP contribution in [0.1, 0.15) is 22.5 Å². The number of primary amides is 1. The third kappa shape index (κ3) is 4.00. The molecular formula is C15H19N3O3S. The van der Waals surface area contributed by atoms with Crippen molar-refractivity contribution in [3.05, 3.63) is 42.2 Å². The number of hydrogen-bond acceptors (Lipinski definition) is 5. The Labute approximate surface area is 134 Å². The molecule has 1 aromatic rings. The van der Waals surface area contributed by atoms with Gasteiger partial charge in [0.25, 0.3) is 5.91 Å². The van der Waals surface area contributed by atoms with Crippen LogP contribution in [0.25, 0.3) is 0 Å². The molecule has 7 heteroatoms. The molecule has 1 fully saturated rings. The fourth-order valence-corrected chi connectivity index (χ4v) is 2.95. The van der Waals surface area contributed by atoms with E-state index < -0.39 is 5.91 Å². The Hall–Kier alpha value is -2.02. The number of aromatic nitrogens is 1. The number of rotatable bonds is 5. The Bertz CT molecular complexity index is 579. The van der Waals surface area contributed by atoms with Crippen molar-refractivity contribution in [2.75, 3.05) is 13.2 Å². The van der Waals surface area contributed by atoms with Crippen molar-refractivity contribution >= 4 is 24.6 Å². The average Bonchev–Trinajstić information content (AvgIpc) is 2.85. The maximum Gasteiger partial charge on any atom is 0.410 e. The van der Waals surface area contributed by atoms with Gasteiger partial charge in [-0.2, -0.15) is 12.6 Å². The van der Waals surface area contributed by atoms with E-state index in [1.807, 2.05) is 6.07 Å². The van der Waals surface area contributed by atoms with Gasteiger partial charge in [0.1, 0.15) is 12.3 Å². The summed E-state index contributed by atoms with van der Waals surface area (Å²) in [5.41, 5.74) is 6.36. The van der Waals surface area contributed by atoms with Gasteiger partial charge in [0.05, 0.1) is 0 Å². The zero-order chi connectivity index (χ0) is 16.1. The lowest BCUT2D eigenvalue weighted by molar-refractivity contribution is 0.0993. The van der Waals surface area contributed by atoms with Crippen LogP contribution in [0.5, 0.6) is 0 Å². The summed E-state index contributed by atoms with van der Waals surface area (Å²) >= 11 is 4.46. The largest absolute Gasteiger partial charge is 0.445 e. The lowest BCUT2D eigenvalue weighted by Gasteiger charge is -2.23. The number of thiol groups is 1. The smallest absolute Gasteiger partial charge is 0.410 e. The van der Waals surface area contributed by atoms with Crippen LogP contribution in [0.4, 0.5) is 4.79 Å². The summed E-state index contributed by atoms with van der Waals surface area (Å²) in [7, 11) is 0. The van der Waals surface area contributed by atoms with Gasteiger partial charge in [0, 0.05) is 24.0 Å². The number of ether oxygens (including phenoxy) is 1. The van der Waals surface area contributed by atoms with Crippen molar-refractivity contribution in [1.29, 1.82) is 0 Å². The van der Waals surface area contributed by atoms with Crippen LogP contribution in [0, 0.1) is 0 Å². The van der Waals surface area contributed by atoms with Crippen LogP contribution >= 0.6 is 12.6 Å². The van der Waals surface area contributed by atoms with E-state index in [1.54, 1.807) is 17.2 Å². The maximum atomic E-state index is 12.1. The van der Waals surface area contributed by atoms with Crippen molar-refractivity contribution in [3.63, 3.8) is 0 Å². The maximum absolute atomic E-state index is 12.1. The predicted octanol–water partition coefficient (Wildman–Crippen LogP) is 1.42. The minimum atomic E-state index is -0.567. The Morgan fingerprint density at radius 2 is 2.36 bits per heavy atom. The molecule has 22 heavy (non-hydrogen) atoms. The molecule has 0 saturated carbocycles. The van der Waals surface area contributed by atoms with Gasteiger partial charge in [-0.25, -0.2) is 4.79 Å². The van der Waals surface area contributed by atoms with Crippen molar-refractivity contribution in [3.8, 4) is 0 Å². The molecule has 1 saturated heterocycles. The molecule has 0 aliphatic carbocycles. The van der Waals surface area contributed by atoms with Crippen molar-refractivity contribution < 1.29 is 14.3 Å². The first kappa shape index (κ1) is 16.4. The van der Waals surface area contributed by atoms with Gasteiger partial charge in [-0.05, 0) is 30.5 Å². The molecule has 1 aromatic heterocycles. The molecule has 0 unspecified atom stereocenters. The van der Waals surface area contributed by atoms with E-state index in [4.69, 9.17) is 10.5 Å². The highest BCUT2D eigenvalue weighted by molar-refractivity contribution is 7.81. The van der Waals surface area contributed by atoms with Gasteiger partial charge < -0.3 is 15.4 Å². The lowest BCUT2D eigenvalue weighted by atomic mass is 10.0. The van der Waals surface area contributed by atoms with E-state index in [2.05, 4.69) is 24.2 Å². The second-order valence-electron chi connectivity index (χ2n) is 5.18. The number of hydrogen-bond donors (Lipinski definition) is 2. The molecule has 0 aromatic carbocycles. The molecule has 0 spiro atoms. The van der Waals surface area contributed by atoms with Crippen LogP contribution in [0.15, 0.2) is 31.0 Å². The van der Waals surface area contributed by atoms with E-state index in [0.29, 0.717) is 13.0 Å². The van der Waals surface area contributed by atoms with Gasteiger partial charge in [0.15, 0.2) is 0 Å². The third-order valence-electron chi connectivity index (χ3n) is 3.50. The third-order valence-corrected chi connectivity index (χ3v) is 3.87. The SMILES string of the molecule is C=CCOC(=O)N1C[C@@H](S)C[C@H]1Cc1ccnc(C(N)=O)c1. The number of amides is 2. The molecule has 118 valence electrons. The number of likely N-dealkylation sites (tertiary alicyclic amines) is 1. The standard InChI is InChI=1S/C15H19N3O3S/c1-2-5-21-15(20)18-9-12(22)8-11(18)6-10-3-4-17-13(7-10)14(16)19/h2-4,7,11-12,22H,1,5-6,8-9H2,(H2,16,19)/t11-,12+/m1/s1. The van der Waals surface area contributed by atoms with Gasteiger partial charge in [-0.3, -0.25) is 9.78 Å². The first-order valence-electron chi connectivity index (χ1n) is 6.98. The molecule has 0 radical (unpaired) electrons. The van der Waals surface area contributed by atoms with Crippen LogP contribution in [-0.4, -0.2) is 46.3 Å². The summed E-state index contributed by atoms with van der Waals surface area (Å²) in [6.45, 7) is 4.25. The quantitative estimate of drug-likeness (QED) is 0.634.